The molecule has 6 nitrogen and oxygen atoms in total. The van der Waals surface area contributed by atoms with Gasteiger partial charge in [-0.25, -0.2) is 14.2 Å². The zero-order chi connectivity index (χ0) is 13.1. The highest BCUT2D eigenvalue weighted by Gasteiger charge is 2.34. The summed E-state index contributed by atoms with van der Waals surface area (Å²) in [6.45, 7) is 0.171. The van der Waals surface area contributed by atoms with Crippen LogP contribution in [0.3, 0.4) is 0 Å². The van der Waals surface area contributed by atoms with E-state index < -0.39 is 18.3 Å². The van der Waals surface area contributed by atoms with Gasteiger partial charge in [-0.15, -0.1) is 11.3 Å². The van der Waals surface area contributed by atoms with Crippen molar-refractivity contribution in [3.63, 3.8) is 0 Å². The van der Waals surface area contributed by atoms with Crippen LogP contribution in [0.15, 0.2) is 10.5 Å². The number of hydrogen-bond acceptors (Lipinski definition) is 5. The topological polar surface area (TPSA) is 86.0 Å². The third kappa shape index (κ3) is 2.58. The molecule has 98 valence electrons. The lowest BCUT2D eigenvalue weighted by Gasteiger charge is -2.33. The lowest BCUT2D eigenvalue weighted by atomic mass is 10.0. The van der Waals surface area contributed by atoms with Gasteiger partial charge in [0.2, 0.25) is 0 Å². The van der Waals surface area contributed by atoms with E-state index >= 15 is 0 Å². The minimum absolute atomic E-state index is 0.121. The summed E-state index contributed by atoms with van der Waals surface area (Å²) >= 11 is 1.23. The summed E-state index contributed by atoms with van der Waals surface area (Å²) in [5.41, 5.74) is 0.434. The van der Waals surface area contributed by atoms with Crippen molar-refractivity contribution in [2.45, 2.75) is 25.1 Å². The molecule has 18 heavy (non-hydrogen) atoms. The average molecular weight is 273 g/mol. The monoisotopic (exact) mass is 273 g/mol. The fourth-order valence-corrected chi connectivity index (χ4v) is 2.85. The van der Waals surface area contributed by atoms with Crippen molar-refractivity contribution in [2.75, 3.05) is 6.54 Å². The Balaban J connectivity index is 2.23. The van der Waals surface area contributed by atoms with E-state index in [0.29, 0.717) is 10.7 Å². The standard InChI is InChI=1S/C10H12FN3O3S/c11-6-1-2-14(10(15)16)8(3-6)9-13-7(4-12-17)5-18-9/h4-6,8,17H,1-3H2,(H,15,16)/b12-4+. The van der Waals surface area contributed by atoms with Crippen LogP contribution in [0.25, 0.3) is 0 Å². The van der Waals surface area contributed by atoms with Crippen LogP contribution in [0, 0.1) is 0 Å². The molecular weight excluding hydrogens is 261 g/mol. The molecule has 0 radical (unpaired) electrons. The zero-order valence-corrected chi connectivity index (χ0v) is 10.2. The van der Waals surface area contributed by atoms with Crippen LogP contribution in [0.1, 0.15) is 29.6 Å². The molecule has 1 aromatic rings. The minimum Gasteiger partial charge on any atom is -0.465 e. The van der Waals surface area contributed by atoms with E-state index in [0.717, 1.165) is 6.21 Å². The molecule has 2 N–H and O–H groups in total. The predicted molar refractivity (Wildman–Crippen MR) is 63.1 cm³/mol. The Morgan fingerprint density at radius 1 is 1.72 bits per heavy atom. The van der Waals surface area contributed by atoms with Crippen LogP contribution >= 0.6 is 11.3 Å². The Morgan fingerprint density at radius 3 is 3.17 bits per heavy atom. The Kier molecular flexibility index (Phi) is 3.75. The van der Waals surface area contributed by atoms with Crippen molar-refractivity contribution in [1.82, 2.24) is 9.88 Å². The second-order valence-corrected chi connectivity index (χ2v) is 4.86. The molecule has 1 amide bonds. The minimum atomic E-state index is -1.07. The molecule has 1 saturated heterocycles. The average Bonchev–Trinajstić information content (AvgIpc) is 2.77. The number of hydrogen-bond donors (Lipinski definition) is 2. The van der Waals surface area contributed by atoms with Gasteiger partial charge in [0.1, 0.15) is 11.2 Å². The molecule has 1 aromatic heterocycles. The molecule has 0 spiro atoms. The van der Waals surface area contributed by atoms with E-state index in [1.807, 2.05) is 0 Å². The van der Waals surface area contributed by atoms with E-state index in [9.17, 15) is 9.18 Å². The zero-order valence-electron chi connectivity index (χ0n) is 9.36. The molecular formula is C10H12FN3O3S. The van der Waals surface area contributed by atoms with Gasteiger partial charge in [-0.3, -0.25) is 4.90 Å². The van der Waals surface area contributed by atoms with Gasteiger partial charge in [-0.1, -0.05) is 5.16 Å². The molecule has 0 bridgehead atoms. The van der Waals surface area contributed by atoms with Gasteiger partial charge in [0.25, 0.3) is 0 Å². The van der Waals surface area contributed by atoms with Gasteiger partial charge in [-0.05, 0) is 6.42 Å². The van der Waals surface area contributed by atoms with Crippen molar-refractivity contribution in [3.8, 4) is 0 Å². The highest BCUT2D eigenvalue weighted by Crippen LogP contribution is 2.33. The molecule has 2 unspecified atom stereocenters. The van der Waals surface area contributed by atoms with E-state index in [1.54, 1.807) is 5.38 Å². The number of alkyl halides is 1. The normalized spacial score (nSPS) is 24.6. The second-order valence-electron chi connectivity index (χ2n) is 3.97. The fourth-order valence-electron chi connectivity index (χ4n) is 1.96. The molecule has 1 aliphatic heterocycles. The van der Waals surface area contributed by atoms with Crippen LogP contribution in [0.2, 0.25) is 0 Å². The Labute approximate surface area is 106 Å². The number of nitrogens with zero attached hydrogens (tertiary/aromatic N) is 3. The summed E-state index contributed by atoms with van der Waals surface area (Å²) in [6.07, 6.45) is -0.584. The van der Waals surface area contributed by atoms with Crippen molar-refractivity contribution in [2.24, 2.45) is 5.16 Å². The molecule has 1 fully saturated rings. The molecule has 0 aliphatic carbocycles. The van der Waals surface area contributed by atoms with Gasteiger partial charge in [0.15, 0.2) is 0 Å². The third-order valence-electron chi connectivity index (χ3n) is 2.80. The van der Waals surface area contributed by atoms with E-state index in [1.165, 1.54) is 16.2 Å². The number of halogens is 1. The van der Waals surface area contributed by atoms with Gasteiger partial charge >= 0.3 is 6.09 Å². The summed E-state index contributed by atoms with van der Waals surface area (Å²) in [5.74, 6) is 0. The predicted octanol–water partition coefficient (Wildman–Crippen LogP) is 2.10. The first-order valence-electron chi connectivity index (χ1n) is 5.38. The molecule has 2 heterocycles. The van der Waals surface area contributed by atoms with Crippen molar-refractivity contribution in [1.29, 1.82) is 0 Å². The van der Waals surface area contributed by atoms with Crippen molar-refractivity contribution in [3.05, 3.63) is 16.1 Å². The van der Waals surface area contributed by atoms with Crippen LogP contribution < -0.4 is 0 Å². The number of piperidine rings is 1. The number of thiazole rings is 1. The lowest BCUT2D eigenvalue weighted by molar-refractivity contribution is 0.0779. The number of amides is 1. The maximum Gasteiger partial charge on any atom is 0.407 e. The molecule has 2 rings (SSSR count). The molecule has 2 atom stereocenters. The lowest BCUT2D eigenvalue weighted by Crippen LogP contribution is -2.40. The first-order valence-corrected chi connectivity index (χ1v) is 6.26. The van der Waals surface area contributed by atoms with E-state index in [-0.39, 0.29) is 19.4 Å². The third-order valence-corrected chi connectivity index (χ3v) is 3.76. The van der Waals surface area contributed by atoms with Crippen molar-refractivity contribution >= 4 is 23.6 Å². The Hall–Kier alpha value is -1.70. The van der Waals surface area contributed by atoms with Crippen LogP contribution in [0.4, 0.5) is 9.18 Å². The number of carbonyl (C=O) groups is 1. The van der Waals surface area contributed by atoms with Crippen LogP contribution in [-0.4, -0.2) is 45.2 Å². The highest BCUT2D eigenvalue weighted by molar-refractivity contribution is 7.09. The molecule has 1 aliphatic rings. The SMILES string of the molecule is O=C(O)N1CCC(F)CC1c1nc(/C=N/O)cs1. The van der Waals surface area contributed by atoms with Gasteiger partial charge in [-0.2, -0.15) is 0 Å². The number of oxime groups is 1. The first kappa shape index (κ1) is 12.7. The number of rotatable bonds is 2. The summed E-state index contributed by atoms with van der Waals surface area (Å²) in [6, 6.07) is -0.558. The van der Waals surface area contributed by atoms with E-state index in [2.05, 4.69) is 10.1 Å². The quantitative estimate of drug-likeness (QED) is 0.491. The van der Waals surface area contributed by atoms with Gasteiger partial charge in [0.05, 0.1) is 18.0 Å². The molecule has 0 saturated carbocycles. The van der Waals surface area contributed by atoms with E-state index in [4.69, 9.17) is 10.3 Å². The maximum atomic E-state index is 13.4. The van der Waals surface area contributed by atoms with Crippen molar-refractivity contribution < 1.29 is 19.5 Å². The second kappa shape index (κ2) is 5.30. The number of likely N-dealkylation sites (tertiary alicyclic amines) is 1. The van der Waals surface area contributed by atoms with Crippen LogP contribution in [-0.2, 0) is 0 Å². The summed E-state index contributed by atoms with van der Waals surface area (Å²) in [5, 5.41) is 22.5. The highest BCUT2D eigenvalue weighted by atomic mass is 32.1. The summed E-state index contributed by atoms with van der Waals surface area (Å²) < 4.78 is 13.4. The largest absolute Gasteiger partial charge is 0.465 e. The summed E-state index contributed by atoms with van der Waals surface area (Å²) in [7, 11) is 0. The molecule has 8 heteroatoms. The summed E-state index contributed by atoms with van der Waals surface area (Å²) in [4.78, 5) is 16.4. The Bertz CT molecular complexity index is 465. The number of aromatic nitrogens is 1. The number of carboxylic acid groups (broad SMARTS) is 1. The smallest absolute Gasteiger partial charge is 0.407 e. The fraction of sp³-hybridized carbons (Fsp3) is 0.500. The first-order chi connectivity index (χ1) is 8.61. The van der Waals surface area contributed by atoms with Crippen LogP contribution in [0.5, 0.6) is 0 Å². The Morgan fingerprint density at radius 2 is 2.50 bits per heavy atom. The van der Waals surface area contributed by atoms with Gasteiger partial charge in [0, 0.05) is 18.3 Å². The molecule has 0 aromatic carbocycles. The van der Waals surface area contributed by atoms with Gasteiger partial charge < -0.3 is 10.3 Å². The maximum absolute atomic E-state index is 13.4.